The van der Waals surface area contributed by atoms with E-state index in [0.29, 0.717) is 6.54 Å². The van der Waals surface area contributed by atoms with E-state index in [4.69, 9.17) is 0 Å². The third kappa shape index (κ3) is 3.43. The summed E-state index contributed by atoms with van der Waals surface area (Å²) in [6, 6.07) is 12.8. The van der Waals surface area contributed by atoms with E-state index in [1.165, 1.54) is 34.1 Å². The highest BCUT2D eigenvalue weighted by molar-refractivity contribution is 7.89. The van der Waals surface area contributed by atoms with E-state index in [9.17, 15) is 18.5 Å². The zero-order valence-electron chi connectivity index (χ0n) is 14.3. The van der Waals surface area contributed by atoms with E-state index in [0.717, 1.165) is 5.56 Å². The molecule has 0 aliphatic carbocycles. The topological polar surface area (TPSA) is 80.3 Å². The third-order valence-electron chi connectivity index (χ3n) is 4.38. The molecule has 0 bridgehead atoms. The first-order chi connectivity index (χ1) is 11.6. The lowest BCUT2D eigenvalue weighted by Crippen LogP contribution is -2.13. The Labute approximate surface area is 147 Å². The lowest BCUT2D eigenvalue weighted by atomic mass is 9.86. The summed E-state index contributed by atoms with van der Waals surface area (Å²) in [5, 5.41) is 10.7. The van der Waals surface area contributed by atoms with Gasteiger partial charge >= 0.3 is 0 Å². The van der Waals surface area contributed by atoms with Gasteiger partial charge in [-0.2, -0.15) is 4.31 Å². The number of hydrogen-bond donors (Lipinski definition) is 0. The zero-order chi connectivity index (χ0) is 18.4. The van der Waals surface area contributed by atoms with Gasteiger partial charge in [-0.15, -0.1) is 0 Å². The molecule has 2 aromatic carbocycles. The van der Waals surface area contributed by atoms with Crippen LogP contribution in [0.5, 0.6) is 0 Å². The highest BCUT2D eigenvalue weighted by Crippen LogP contribution is 2.41. The average molecular weight is 360 g/mol. The first kappa shape index (κ1) is 17.6. The van der Waals surface area contributed by atoms with Gasteiger partial charge in [0, 0.05) is 18.7 Å². The Hall–Kier alpha value is -2.25. The fourth-order valence-corrected chi connectivity index (χ4v) is 4.29. The Morgan fingerprint density at radius 2 is 1.60 bits per heavy atom. The average Bonchev–Trinajstić information content (AvgIpc) is 3.35. The molecule has 0 spiro atoms. The van der Waals surface area contributed by atoms with Crippen molar-refractivity contribution in [1.82, 2.24) is 4.31 Å². The van der Waals surface area contributed by atoms with Crippen LogP contribution in [0.15, 0.2) is 53.4 Å². The van der Waals surface area contributed by atoms with E-state index in [-0.39, 0.29) is 22.0 Å². The second-order valence-corrected chi connectivity index (χ2v) is 9.10. The SMILES string of the molecule is CC(C)(C)c1ccc(C2CN2S(=O)(=O)c2ccc([N+](=O)[O-])cc2)cc1. The second-order valence-electron chi connectivity index (χ2n) is 7.21. The number of nitro groups is 1. The molecule has 0 saturated carbocycles. The molecule has 1 fully saturated rings. The molecular formula is C18H20N2O4S. The van der Waals surface area contributed by atoms with Crippen molar-refractivity contribution < 1.29 is 13.3 Å². The molecule has 132 valence electrons. The lowest BCUT2D eigenvalue weighted by Gasteiger charge is -2.19. The first-order valence-electron chi connectivity index (χ1n) is 7.97. The smallest absolute Gasteiger partial charge is 0.258 e. The molecule has 0 N–H and O–H groups in total. The highest BCUT2D eigenvalue weighted by atomic mass is 32.2. The van der Waals surface area contributed by atoms with Gasteiger partial charge in [0.2, 0.25) is 10.0 Å². The van der Waals surface area contributed by atoms with Crippen LogP contribution in [0, 0.1) is 10.1 Å². The van der Waals surface area contributed by atoms with Crippen LogP contribution in [0.25, 0.3) is 0 Å². The number of rotatable bonds is 4. The van der Waals surface area contributed by atoms with Crippen LogP contribution in [0.2, 0.25) is 0 Å². The Morgan fingerprint density at radius 3 is 2.08 bits per heavy atom. The minimum absolute atomic E-state index is 0.0482. The largest absolute Gasteiger partial charge is 0.269 e. The van der Waals surface area contributed by atoms with Gasteiger partial charge in [-0.25, -0.2) is 8.42 Å². The summed E-state index contributed by atoms with van der Waals surface area (Å²) in [4.78, 5) is 10.2. The van der Waals surface area contributed by atoms with Crippen molar-refractivity contribution in [1.29, 1.82) is 0 Å². The Kier molecular flexibility index (Phi) is 4.17. The number of nitrogens with zero attached hydrogens (tertiary/aromatic N) is 2. The fraction of sp³-hybridized carbons (Fsp3) is 0.333. The molecule has 25 heavy (non-hydrogen) atoms. The normalized spacial score (nSPS) is 20.3. The predicted molar refractivity (Wildman–Crippen MR) is 94.9 cm³/mol. The van der Waals surface area contributed by atoms with Crippen LogP contribution in [0.4, 0.5) is 5.69 Å². The summed E-state index contributed by atoms with van der Waals surface area (Å²) in [6.07, 6.45) is 0. The number of sulfonamides is 1. The van der Waals surface area contributed by atoms with Gasteiger partial charge in [-0.1, -0.05) is 45.0 Å². The summed E-state index contributed by atoms with van der Waals surface area (Å²) < 4.78 is 26.7. The zero-order valence-corrected chi connectivity index (χ0v) is 15.2. The second kappa shape index (κ2) is 5.93. The van der Waals surface area contributed by atoms with Gasteiger partial charge in [-0.05, 0) is 28.7 Å². The molecule has 1 saturated heterocycles. The Balaban J connectivity index is 1.79. The molecule has 2 atom stereocenters. The van der Waals surface area contributed by atoms with Crippen molar-refractivity contribution in [2.45, 2.75) is 37.1 Å². The van der Waals surface area contributed by atoms with E-state index in [1.54, 1.807) is 0 Å². The quantitative estimate of drug-likeness (QED) is 0.474. The van der Waals surface area contributed by atoms with Crippen LogP contribution >= 0.6 is 0 Å². The Bertz CT molecular complexity index is 898. The van der Waals surface area contributed by atoms with Crippen molar-refractivity contribution in [2.24, 2.45) is 0 Å². The summed E-state index contributed by atoms with van der Waals surface area (Å²) >= 11 is 0. The molecule has 7 heteroatoms. The summed E-state index contributed by atoms with van der Waals surface area (Å²) in [5.74, 6) is 0. The van der Waals surface area contributed by atoms with Crippen LogP contribution in [-0.4, -0.2) is 24.2 Å². The molecule has 6 nitrogen and oxygen atoms in total. The number of non-ortho nitro benzene ring substituents is 1. The maximum Gasteiger partial charge on any atom is 0.269 e. The van der Waals surface area contributed by atoms with Gasteiger partial charge in [0.1, 0.15) is 0 Å². The summed E-state index contributed by atoms with van der Waals surface area (Å²) in [5.41, 5.74) is 2.08. The fourth-order valence-electron chi connectivity index (χ4n) is 2.74. The van der Waals surface area contributed by atoms with Crippen LogP contribution in [0.3, 0.4) is 0 Å². The predicted octanol–water partition coefficient (Wildman–Crippen LogP) is 3.64. The molecule has 1 heterocycles. The molecule has 0 amide bonds. The number of hydrogen-bond acceptors (Lipinski definition) is 4. The van der Waals surface area contributed by atoms with Gasteiger partial charge in [0.05, 0.1) is 15.9 Å². The van der Waals surface area contributed by atoms with Crippen molar-refractivity contribution in [2.75, 3.05) is 6.54 Å². The van der Waals surface area contributed by atoms with Gasteiger partial charge < -0.3 is 0 Å². The van der Waals surface area contributed by atoms with Crippen LogP contribution in [-0.2, 0) is 15.4 Å². The molecule has 1 aliphatic heterocycles. The maximum absolute atomic E-state index is 12.6. The number of nitro benzene ring substituents is 1. The molecule has 1 aliphatic rings. The van der Waals surface area contributed by atoms with Crippen molar-refractivity contribution in [3.63, 3.8) is 0 Å². The molecule has 0 aromatic heterocycles. The number of benzene rings is 2. The minimum Gasteiger partial charge on any atom is -0.258 e. The Morgan fingerprint density at radius 1 is 1.04 bits per heavy atom. The van der Waals surface area contributed by atoms with E-state index >= 15 is 0 Å². The monoisotopic (exact) mass is 360 g/mol. The summed E-state index contributed by atoms with van der Waals surface area (Å²) in [6.45, 7) is 6.81. The van der Waals surface area contributed by atoms with Crippen molar-refractivity contribution in [3.05, 3.63) is 69.8 Å². The van der Waals surface area contributed by atoms with Crippen molar-refractivity contribution in [3.8, 4) is 0 Å². The molecule has 0 radical (unpaired) electrons. The first-order valence-corrected chi connectivity index (χ1v) is 9.41. The molecule has 3 rings (SSSR count). The maximum atomic E-state index is 12.6. The van der Waals surface area contributed by atoms with E-state index in [1.807, 2.05) is 24.3 Å². The van der Waals surface area contributed by atoms with Crippen LogP contribution in [0.1, 0.15) is 37.9 Å². The standard InChI is InChI=1S/C18H20N2O4S/c1-18(2,3)14-6-4-13(5-7-14)17-12-19(17)25(23,24)16-10-8-15(9-11-16)20(21)22/h4-11,17H,12H2,1-3H3. The highest BCUT2D eigenvalue weighted by Gasteiger charge is 2.45. The van der Waals surface area contributed by atoms with Crippen LogP contribution < -0.4 is 0 Å². The van der Waals surface area contributed by atoms with E-state index < -0.39 is 14.9 Å². The van der Waals surface area contributed by atoms with Gasteiger partial charge in [0.15, 0.2) is 0 Å². The molecule has 2 aromatic rings. The third-order valence-corrected chi connectivity index (χ3v) is 6.27. The summed E-state index contributed by atoms with van der Waals surface area (Å²) in [7, 11) is -3.63. The van der Waals surface area contributed by atoms with Crippen molar-refractivity contribution >= 4 is 15.7 Å². The lowest BCUT2D eigenvalue weighted by molar-refractivity contribution is -0.384. The van der Waals surface area contributed by atoms with E-state index in [2.05, 4.69) is 20.8 Å². The van der Waals surface area contributed by atoms with Gasteiger partial charge in [-0.3, -0.25) is 10.1 Å². The minimum atomic E-state index is -3.63. The van der Waals surface area contributed by atoms with Gasteiger partial charge in [0.25, 0.3) is 5.69 Å². The molecule has 2 unspecified atom stereocenters. The molecular weight excluding hydrogens is 340 g/mol.